The maximum Gasteiger partial charge on any atom is 0.256 e. The minimum Gasteiger partial charge on any atom is -0.497 e. The monoisotopic (exact) mass is 383 g/mol. The van der Waals surface area contributed by atoms with Gasteiger partial charge in [0, 0.05) is 49.9 Å². The van der Waals surface area contributed by atoms with Crippen molar-refractivity contribution in [3.8, 4) is 5.75 Å². The van der Waals surface area contributed by atoms with Gasteiger partial charge in [0.25, 0.3) is 5.91 Å². The first-order chi connectivity index (χ1) is 13.6. The Morgan fingerprint density at radius 1 is 1.11 bits per heavy atom. The van der Waals surface area contributed by atoms with Crippen molar-refractivity contribution in [2.75, 3.05) is 40.3 Å². The number of fused-ring (bicyclic) bond motifs is 1. The first-order valence-corrected chi connectivity index (χ1v) is 10.7. The molecule has 0 bridgehead atoms. The van der Waals surface area contributed by atoms with Crippen LogP contribution in [-0.2, 0) is 0 Å². The Kier molecular flexibility index (Phi) is 5.63. The third kappa shape index (κ3) is 3.64. The van der Waals surface area contributed by atoms with Crippen LogP contribution in [0.3, 0.4) is 0 Å². The summed E-state index contributed by atoms with van der Waals surface area (Å²) in [5, 5.41) is 1.05. The summed E-state index contributed by atoms with van der Waals surface area (Å²) in [6.07, 6.45) is 8.69. The second-order valence-electron chi connectivity index (χ2n) is 8.57. The van der Waals surface area contributed by atoms with Crippen LogP contribution < -0.4 is 4.74 Å². The van der Waals surface area contributed by atoms with Gasteiger partial charge in [0.05, 0.1) is 18.2 Å². The molecule has 5 nitrogen and oxygen atoms in total. The summed E-state index contributed by atoms with van der Waals surface area (Å²) in [5.74, 6) is 1.70. The van der Waals surface area contributed by atoms with Gasteiger partial charge in [-0.25, -0.2) is 0 Å². The fourth-order valence-corrected chi connectivity index (χ4v) is 4.89. The van der Waals surface area contributed by atoms with E-state index in [1.165, 1.54) is 32.1 Å². The highest BCUT2D eigenvalue weighted by molar-refractivity contribution is 6.07. The summed E-state index contributed by atoms with van der Waals surface area (Å²) in [6, 6.07) is 6.51. The van der Waals surface area contributed by atoms with Crippen LogP contribution in [0.1, 0.15) is 55.4 Å². The maximum atomic E-state index is 13.3. The molecule has 2 fully saturated rings. The number of piperazine rings is 1. The number of hydrogen-bond acceptors (Lipinski definition) is 3. The maximum absolute atomic E-state index is 13.3. The lowest BCUT2D eigenvalue weighted by Crippen LogP contribution is -2.47. The van der Waals surface area contributed by atoms with E-state index in [9.17, 15) is 4.79 Å². The summed E-state index contributed by atoms with van der Waals surface area (Å²) < 4.78 is 7.83. The molecule has 1 unspecified atom stereocenters. The topological polar surface area (TPSA) is 37.7 Å². The number of rotatable bonds is 4. The standard InChI is InChI=1S/C23H33N3O2/c1-17(18-7-5-4-6-8-18)26-16-21(20-10-9-19(28-3)15-22(20)26)23(27)25-13-11-24(2)12-14-25/h9-10,15-18H,4-8,11-14H2,1-3H3. The quantitative estimate of drug-likeness (QED) is 0.795. The lowest BCUT2D eigenvalue weighted by molar-refractivity contribution is 0.0665. The predicted molar refractivity (Wildman–Crippen MR) is 113 cm³/mol. The van der Waals surface area contributed by atoms with Crippen molar-refractivity contribution < 1.29 is 9.53 Å². The Balaban J connectivity index is 1.71. The SMILES string of the molecule is COc1ccc2c(C(=O)N3CCN(C)CC3)cn(C(C)C3CCCCC3)c2c1. The molecule has 2 aromatic rings. The van der Waals surface area contributed by atoms with E-state index in [1.54, 1.807) is 7.11 Å². The number of nitrogens with zero attached hydrogens (tertiary/aromatic N) is 3. The van der Waals surface area contributed by atoms with Crippen LogP contribution in [0.25, 0.3) is 10.9 Å². The molecule has 5 heteroatoms. The molecule has 1 aliphatic carbocycles. The van der Waals surface area contributed by atoms with Crippen LogP contribution in [-0.4, -0.2) is 60.6 Å². The third-order valence-corrected chi connectivity index (χ3v) is 6.83. The van der Waals surface area contributed by atoms with Crippen molar-refractivity contribution in [1.29, 1.82) is 0 Å². The molecule has 1 aromatic carbocycles. The number of methoxy groups -OCH3 is 1. The molecule has 2 heterocycles. The van der Waals surface area contributed by atoms with Crippen LogP contribution in [0.4, 0.5) is 0 Å². The number of carbonyl (C=O) groups is 1. The molecular weight excluding hydrogens is 350 g/mol. The van der Waals surface area contributed by atoms with Crippen LogP contribution in [0, 0.1) is 5.92 Å². The highest BCUT2D eigenvalue weighted by atomic mass is 16.5. The first-order valence-electron chi connectivity index (χ1n) is 10.7. The molecule has 28 heavy (non-hydrogen) atoms. The largest absolute Gasteiger partial charge is 0.497 e. The van der Waals surface area contributed by atoms with Gasteiger partial charge in [0.15, 0.2) is 0 Å². The summed E-state index contributed by atoms with van der Waals surface area (Å²) >= 11 is 0. The third-order valence-electron chi connectivity index (χ3n) is 6.83. The molecule has 0 radical (unpaired) electrons. The van der Waals surface area contributed by atoms with Gasteiger partial charge in [-0.2, -0.15) is 0 Å². The van der Waals surface area contributed by atoms with Gasteiger partial charge in [-0.1, -0.05) is 19.3 Å². The van der Waals surface area contributed by atoms with Gasteiger partial charge < -0.3 is 19.1 Å². The molecule has 1 aliphatic heterocycles. The van der Waals surface area contributed by atoms with Crippen molar-refractivity contribution in [3.63, 3.8) is 0 Å². The Labute approximate surface area is 168 Å². The smallest absolute Gasteiger partial charge is 0.256 e. The van der Waals surface area contributed by atoms with E-state index >= 15 is 0 Å². The van der Waals surface area contributed by atoms with Gasteiger partial charge in [-0.05, 0) is 44.9 Å². The molecule has 1 saturated carbocycles. The Morgan fingerprint density at radius 2 is 1.82 bits per heavy atom. The molecule has 4 rings (SSSR count). The zero-order valence-corrected chi connectivity index (χ0v) is 17.5. The van der Waals surface area contributed by atoms with Crippen LogP contribution in [0.15, 0.2) is 24.4 Å². The fraction of sp³-hybridized carbons (Fsp3) is 0.609. The zero-order valence-electron chi connectivity index (χ0n) is 17.5. The number of likely N-dealkylation sites (N-methyl/N-ethyl adjacent to an activating group) is 1. The number of benzene rings is 1. The normalized spacial score (nSPS) is 20.5. The van der Waals surface area contributed by atoms with Crippen molar-refractivity contribution in [2.45, 2.75) is 45.1 Å². The van der Waals surface area contributed by atoms with Gasteiger partial charge in [-0.3, -0.25) is 4.79 Å². The summed E-state index contributed by atoms with van der Waals surface area (Å²) in [7, 11) is 3.82. The Morgan fingerprint density at radius 3 is 2.50 bits per heavy atom. The summed E-state index contributed by atoms with van der Waals surface area (Å²) in [4.78, 5) is 17.6. The van der Waals surface area contributed by atoms with E-state index in [0.717, 1.165) is 48.4 Å². The predicted octanol–water partition coefficient (Wildman–Crippen LogP) is 4.18. The lowest BCUT2D eigenvalue weighted by Gasteiger charge is -2.32. The van der Waals surface area contributed by atoms with E-state index < -0.39 is 0 Å². The molecule has 1 atom stereocenters. The molecule has 1 saturated heterocycles. The molecular formula is C23H33N3O2. The number of aromatic nitrogens is 1. The average Bonchev–Trinajstić information content (AvgIpc) is 3.12. The molecule has 152 valence electrons. The average molecular weight is 384 g/mol. The first kappa shape index (κ1) is 19.3. The minimum absolute atomic E-state index is 0.165. The van der Waals surface area contributed by atoms with Crippen molar-refractivity contribution in [2.24, 2.45) is 5.92 Å². The number of ether oxygens (including phenoxy) is 1. The lowest BCUT2D eigenvalue weighted by atomic mass is 9.84. The van der Waals surface area contributed by atoms with E-state index in [-0.39, 0.29) is 5.91 Å². The molecule has 0 N–H and O–H groups in total. The highest BCUT2D eigenvalue weighted by Gasteiger charge is 2.27. The van der Waals surface area contributed by atoms with E-state index in [1.807, 2.05) is 11.0 Å². The van der Waals surface area contributed by atoms with E-state index in [2.05, 4.69) is 41.8 Å². The second kappa shape index (κ2) is 8.16. The number of carbonyl (C=O) groups excluding carboxylic acids is 1. The van der Waals surface area contributed by atoms with Gasteiger partial charge in [0.1, 0.15) is 5.75 Å². The zero-order chi connectivity index (χ0) is 19.7. The van der Waals surface area contributed by atoms with Crippen molar-refractivity contribution in [3.05, 3.63) is 30.0 Å². The van der Waals surface area contributed by atoms with E-state index in [0.29, 0.717) is 12.0 Å². The summed E-state index contributed by atoms with van der Waals surface area (Å²) in [6.45, 7) is 5.80. The second-order valence-corrected chi connectivity index (χ2v) is 8.57. The number of hydrogen-bond donors (Lipinski definition) is 0. The van der Waals surface area contributed by atoms with Gasteiger partial charge in [-0.15, -0.1) is 0 Å². The van der Waals surface area contributed by atoms with Gasteiger partial charge in [0.2, 0.25) is 0 Å². The fourth-order valence-electron chi connectivity index (χ4n) is 4.89. The molecule has 1 amide bonds. The summed E-state index contributed by atoms with van der Waals surface area (Å²) in [5.41, 5.74) is 1.96. The van der Waals surface area contributed by atoms with Crippen LogP contribution in [0.2, 0.25) is 0 Å². The van der Waals surface area contributed by atoms with Gasteiger partial charge >= 0.3 is 0 Å². The van der Waals surface area contributed by atoms with Crippen molar-refractivity contribution >= 4 is 16.8 Å². The highest BCUT2D eigenvalue weighted by Crippen LogP contribution is 2.37. The van der Waals surface area contributed by atoms with Crippen molar-refractivity contribution in [1.82, 2.24) is 14.4 Å². The molecule has 1 aromatic heterocycles. The Hall–Kier alpha value is -2.01. The van der Waals surface area contributed by atoms with Crippen LogP contribution in [0.5, 0.6) is 5.75 Å². The number of amides is 1. The van der Waals surface area contributed by atoms with Crippen LogP contribution >= 0.6 is 0 Å². The van der Waals surface area contributed by atoms with E-state index in [4.69, 9.17) is 4.74 Å². The minimum atomic E-state index is 0.165. The Bertz CT molecular complexity index is 830. The molecule has 2 aliphatic rings. The molecule has 0 spiro atoms.